The Labute approximate surface area is 510 Å². The van der Waals surface area contributed by atoms with E-state index in [0.29, 0.717) is 31.6 Å². The number of aromatic hydroxyl groups is 1. The van der Waals surface area contributed by atoms with Gasteiger partial charge in [0, 0.05) is 31.0 Å². The summed E-state index contributed by atoms with van der Waals surface area (Å²) in [4.78, 5) is 100. The first-order valence-electron chi connectivity index (χ1n) is 30.4. The van der Waals surface area contributed by atoms with Crippen molar-refractivity contribution in [1.29, 1.82) is 0 Å². The van der Waals surface area contributed by atoms with Crippen LogP contribution in [0.2, 0.25) is 0 Å². The second-order valence-electron chi connectivity index (χ2n) is 23.6. The molecule has 6 unspecified atom stereocenters. The second kappa shape index (κ2) is 33.0. The Kier molecular flexibility index (Phi) is 26.1. The van der Waals surface area contributed by atoms with Crippen LogP contribution in [0.1, 0.15) is 95.5 Å². The number of amides is 7. The lowest BCUT2D eigenvalue weighted by molar-refractivity contribution is -0.870. The van der Waals surface area contributed by atoms with Crippen LogP contribution in [0.15, 0.2) is 97.1 Å². The molecule has 10 atom stereocenters. The zero-order valence-corrected chi connectivity index (χ0v) is 51.5. The molecule has 22 heteroatoms. The number of aliphatic hydroxyl groups is 3. The topological polar surface area (TPSA) is 295 Å². The van der Waals surface area contributed by atoms with Gasteiger partial charge in [0.15, 0.2) is 0 Å². The first-order chi connectivity index (χ1) is 41.5. The molecule has 0 saturated carbocycles. The maximum absolute atomic E-state index is 14.5. The number of nitrogens with one attached hydrogen (secondary N) is 5. The van der Waals surface area contributed by atoms with Gasteiger partial charge in [0.05, 0.1) is 72.4 Å². The number of likely N-dealkylation sites (tertiary alicyclic amines) is 2. The number of phenolic OH excluding ortho intramolecular Hbond substituents is 1. The predicted molar refractivity (Wildman–Crippen MR) is 328 cm³/mol. The van der Waals surface area contributed by atoms with Crippen LogP contribution in [-0.2, 0) is 44.7 Å². The lowest BCUT2D eigenvalue weighted by Gasteiger charge is -2.33. The fourth-order valence-corrected chi connectivity index (χ4v) is 10.4. The van der Waals surface area contributed by atoms with E-state index < -0.39 is 109 Å². The van der Waals surface area contributed by atoms with Crippen molar-refractivity contribution >= 4 is 41.4 Å². The molecule has 0 radical (unpaired) electrons. The first-order valence-corrected chi connectivity index (χ1v) is 30.4. The van der Waals surface area contributed by atoms with E-state index >= 15 is 0 Å². The summed E-state index contributed by atoms with van der Waals surface area (Å²) in [5.41, 5.74) is 4.63. The zero-order valence-electron chi connectivity index (χ0n) is 51.5. The second-order valence-corrected chi connectivity index (χ2v) is 23.6. The molecule has 0 aromatic heterocycles. The van der Waals surface area contributed by atoms with Gasteiger partial charge >= 0.3 is 0 Å². The van der Waals surface area contributed by atoms with Crippen molar-refractivity contribution < 1.29 is 72.7 Å². The Morgan fingerprint density at radius 2 is 1.31 bits per heavy atom. The molecule has 22 nitrogen and oxygen atoms in total. The van der Waals surface area contributed by atoms with E-state index in [1.165, 1.54) is 41.0 Å². The number of unbranched alkanes of at least 4 members (excludes halogenated alkanes) is 2. The highest BCUT2D eigenvalue weighted by Crippen LogP contribution is 2.29. The van der Waals surface area contributed by atoms with Crippen LogP contribution < -0.4 is 31.3 Å². The highest BCUT2D eigenvalue weighted by molar-refractivity contribution is 5.99. The van der Waals surface area contributed by atoms with Gasteiger partial charge in [-0.15, -0.1) is 0 Å². The van der Waals surface area contributed by atoms with Gasteiger partial charge in [0.25, 0.3) is 5.91 Å². The van der Waals surface area contributed by atoms with Gasteiger partial charge in [0.1, 0.15) is 54.5 Å². The average molecular weight is 1210 g/mol. The summed E-state index contributed by atoms with van der Waals surface area (Å²) in [5, 5.41) is 56.9. The number of carbonyl (C=O) groups is 7. The Bertz CT molecular complexity index is 2890. The number of quaternary nitrogens is 1. The maximum Gasteiger partial charge on any atom is 0.251 e. The molecule has 4 aromatic carbocycles. The fraction of sp³-hybridized carbons (Fsp3) is 0.523. The van der Waals surface area contributed by atoms with Crippen LogP contribution in [0, 0.1) is 5.92 Å². The van der Waals surface area contributed by atoms with Gasteiger partial charge in [-0.1, -0.05) is 101 Å². The number of ether oxygens (including phenoxy) is 3. The molecule has 2 saturated heterocycles. The highest BCUT2D eigenvalue weighted by Gasteiger charge is 2.48. The molecule has 2 fully saturated rings. The third-order valence-electron chi connectivity index (χ3n) is 15.7. The molecule has 2 aliphatic rings. The summed E-state index contributed by atoms with van der Waals surface area (Å²) in [6, 6.07) is 21.5. The van der Waals surface area contributed by atoms with Crippen LogP contribution in [-0.4, -0.2) is 205 Å². The van der Waals surface area contributed by atoms with Gasteiger partial charge in [-0.2, -0.15) is 0 Å². The smallest absolute Gasteiger partial charge is 0.251 e. The van der Waals surface area contributed by atoms with Crippen molar-refractivity contribution in [1.82, 2.24) is 36.4 Å². The summed E-state index contributed by atoms with van der Waals surface area (Å²) >= 11 is 0. The van der Waals surface area contributed by atoms with Crippen LogP contribution >= 0.6 is 0 Å². The van der Waals surface area contributed by atoms with Crippen LogP contribution in [0.4, 0.5) is 0 Å². The first kappa shape index (κ1) is 68.6. The average Bonchev–Trinajstić information content (AvgIpc) is 1.97. The van der Waals surface area contributed by atoms with E-state index in [0.717, 1.165) is 58.3 Å². The number of nitrogens with zero attached hydrogens (tertiary/aromatic N) is 3. The lowest BCUT2D eigenvalue weighted by atomic mass is 9.99. The van der Waals surface area contributed by atoms with Crippen LogP contribution in [0.3, 0.4) is 0 Å². The molecule has 0 spiro atoms. The number of hydrogen-bond donors (Lipinski definition) is 9. The third-order valence-corrected chi connectivity index (χ3v) is 15.7. The standard InChI is InChI=1S/C65H90N8O14/c1-9-12-13-34-86-50-30-26-47(27-31-50)45-20-18-44(19-21-45)46-22-24-48(25-23-46)60(79)66-39-54(77)68-56(42(5)74)65(84)71-32-14-15-52(71)61(80)70-57(53(76)38-43-16-28-49(75)29-17-43)62(81)67-51(10-2)64(83)72-40-41(4)59(78)58(72)63(82)69-55(11-3)87-37-36-85-35-33-73(6,7)8/h16-31,41-42,51-53,55-59,74,76,78H,9-15,32-40H2,1-8H3,(H5-,66,67,68,69,70,75,77,79,80,81,82)/p+1/t41-,42+,51?,52?,53+,55?,56?,57?,58?,59-/m0/s1. The highest BCUT2D eigenvalue weighted by atomic mass is 16.5. The molecule has 6 rings (SSSR count). The Morgan fingerprint density at radius 1 is 0.690 bits per heavy atom. The molecule has 7 amide bonds. The molecule has 0 bridgehead atoms. The number of aliphatic hydroxyl groups excluding tert-OH is 3. The predicted octanol–water partition coefficient (Wildman–Crippen LogP) is 3.66. The van der Waals surface area contributed by atoms with Crippen molar-refractivity contribution in [3.63, 3.8) is 0 Å². The Morgan fingerprint density at radius 3 is 1.90 bits per heavy atom. The van der Waals surface area contributed by atoms with Gasteiger partial charge in [0.2, 0.25) is 35.4 Å². The van der Waals surface area contributed by atoms with Gasteiger partial charge in [-0.25, -0.2) is 0 Å². The molecule has 2 aliphatic heterocycles. The minimum absolute atomic E-state index is 0.000679. The zero-order chi connectivity index (χ0) is 63.4. The number of benzene rings is 4. The lowest BCUT2D eigenvalue weighted by Crippen LogP contribution is -2.62. The van der Waals surface area contributed by atoms with E-state index in [1.807, 2.05) is 55.5 Å². The van der Waals surface area contributed by atoms with Crippen molar-refractivity contribution in [2.75, 3.05) is 73.7 Å². The molecule has 474 valence electrons. The molecular formula is C65H91N8O14+. The number of rotatable bonds is 32. The van der Waals surface area contributed by atoms with Crippen molar-refractivity contribution in [3.05, 3.63) is 108 Å². The van der Waals surface area contributed by atoms with Crippen molar-refractivity contribution in [2.45, 2.75) is 141 Å². The number of carbonyl (C=O) groups excluding carboxylic acids is 7. The number of phenols is 1. The minimum Gasteiger partial charge on any atom is -0.508 e. The van der Waals surface area contributed by atoms with E-state index in [9.17, 15) is 54.0 Å². The quantitative estimate of drug-likeness (QED) is 0.0192. The van der Waals surface area contributed by atoms with Crippen molar-refractivity contribution in [2.24, 2.45) is 5.92 Å². The molecule has 2 heterocycles. The number of likely N-dealkylation sites (N-methyl/N-ethyl adjacent to an activating group) is 1. The van der Waals surface area contributed by atoms with Gasteiger partial charge in [-0.3, -0.25) is 33.6 Å². The van der Waals surface area contributed by atoms with E-state index in [1.54, 1.807) is 38.1 Å². The van der Waals surface area contributed by atoms with E-state index in [2.05, 4.69) is 54.7 Å². The fourth-order valence-electron chi connectivity index (χ4n) is 10.4. The van der Waals surface area contributed by atoms with Gasteiger partial charge < -0.3 is 75.5 Å². The molecule has 9 N–H and O–H groups in total. The summed E-state index contributed by atoms with van der Waals surface area (Å²) in [7, 11) is 6.15. The summed E-state index contributed by atoms with van der Waals surface area (Å²) in [6.45, 7) is 10.5. The Hall–Kier alpha value is -7.47. The summed E-state index contributed by atoms with van der Waals surface area (Å²) < 4.78 is 18.1. The molecule has 4 aromatic rings. The maximum atomic E-state index is 14.5. The minimum atomic E-state index is -1.74. The molecular weight excluding hydrogens is 1120 g/mol. The van der Waals surface area contributed by atoms with Crippen molar-refractivity contribution in [3.8, 4) is 33.8 Å². The van der Waals surface area contributed by atoms with Gasteiger partial charge in [-0.05, 0) is 103 Å². The number of hydrogen-bond acceptors (Lipinski definition) is 14. The Balaban J connectivity index is 1.06. The summed E-state index contributed by atoms with van der Waals surface area (Å²) in [5.74, 6) is -5.10. The normalized spacial score (nSPS) is 18.8. The summed E-state index contributed by atoms with van der Waals surface area (Å²) in [6.07, 6.45) is -1.25. The van der Waals surface area contributed by atoms with Crippen LogP contribution in [0.5, 0.6) is 11.5 Å². The largest absolute Gasteiger partial charge is 0.508 e. The third kappa shape index (κ3) is 20.0. The van der Waals surface area contributed by atoms with Crippen LogP contribution in [0.25, 0.3) is 22.3 Å². The molecule has 0 aliphatic carbocycles. The monoisotopic (exact) mass is 1210 g/mol. The SMILES string of the molecule is CCCCCOc1ccc(-c2ccc(-c3ccc(C(=O)NCC(=O)NC(C(=O)N4CCCC4C(=O)NC(C(=O)NC(CC)C(=O)N4C[C@H](C)[C@H](O)C4C(=O)NC(CC)OCCOCC[N+](C)(C)C)[C@H](O)Cc4ccc(O)cc4)[C@@H](C)O)cc3)cc2)cc1. The van der Waals surface area contributed by atoms with E-state index in [4.69, 9.17) is 14.2 Å². The molecule has 87 heavy (non-hydrogen) atoms. The van der Waals surface area contributed by atoms with E-state index in [-0.39, 0.29) is 56.9 Å².